The molecule has 0 aliphatic heterocycles. The highest BCUT2D eigenvalue weighted by atomic mass is 32.1. The summed E-state index contributed by atoms with van der Waals surface area (Å²) in [5.41, 5.74) is 3.20. The van der Waals surface area contributed by atoms with E-state index in [1.54, 1.807) is 17.4 Å². The van der Waals surface area contributed by atoms with Crippen LogP contribution in [0.1, 0.15) is 21.8 Å². The van der Waals surface area contributed by atoms with Crippen LogP contribution in [0.4, 0.5) is 11.4 Å². The Morgan fingerprint density at radius 3 is 2.76 bits per heavy atom. The van der Waals surface area contributed by atoms with Crippen molar-refractivity contribution in [2.24, 2.45) is 0 Å². The maximum Gasteiger partial charge on any atom is 0.255 e. The molecule has 0 saturated heterocycles. The highest BCUT2D eigenvalue weighted by molar-refractivity contribution is 7.13. The smallest absolute Gasteiger partial charge is 0.255 e. The molecule has 0 saturated carbocycles. The van der Waals surface area contributed by atoms with Gasteiger partial charge in [-0.1, -0.05) is 35.5 Å². The van der Waals surface area contributed by atoms with Crippen LogP contribution in [-0.2, 0) is 6.42 Å². The minimum atomic E-state index is -0.161. The molecule has 2 heterocycles. The number of carbonyl (C=O) groups excluding carboxylic acids is 1. The van der Waals surface area contributed by atoms with Crippen molar-refractivity contribution in [3.8, 4) is 10.7 Å². The van der Waals surface area contributed by atoms with Crippen LogP contribution < -0.4 is 10.2 Å². The summed E-state index contributed by atoms with van der Waals surface area (Å²) >= 11 is 1.56. The molecule has 0 fully saturated rings. The van der Waals surface area contributed by atoms with Crippen molar-refractivity contribution in [1.82, 2.24) is 10.1 Å². The van der Waals surface area contributed by atoms with E-state index in [0.29, 0.717) is 23.7 Å². The van der Waals surface area contributed by atoms with Crippen LogP contribution in [0.15, 0.2) is 70.6 Å². The Morgan fingerprint density at radius 2 is 1.97 bits per heavy atom. The minimum Gasteiger partial charge on any atom is -0.378 e. The Kier molecular flexibility index (Phi) is 5.39. The summed E-state index contributed by atoms with van der Waals surface area (Å²) in [7, 11) is 3.89. The number of nitrogens with one attached hydrogen (secondary N) is 1. The quantitative estimate of drug-likeness (QED) is 0.504. The third-order valence-corrected chi connectivity index (χ3v) is 5.31. The Balaban J connectivity index is 1.53. The van der Waals surface area contributed by atoms with Gasteiger partial charge in [0.2, 0.25) is 11.7 Å². The van der Waals surface area contributed by atoms with Gasteiger partial charge < -0.3 is 14.7 Å². The normalized spacial score (nSPS) is 10.7. The molecule has 2 aromatic carbocycles. The van der Waals surface area contributed by atoms with Crippen LogP contribution in [0.5, 0.6) is 0 Å². The first-order valence-corrected chi connectivity index (χ1v) is 10.0. The maximum atomic E-state index is 12.8. The molecule has 0 radical (unpaired) electrons. The van der Waals surface area contributed by atoms with E-state index >= 15 is 0 Å². The minimum absolute atomic E-state index is 0.161. The topological polar surface area (TPSA) is 71.3 Å². The Morgan fingerprint density at radius 1 is 1.10 bits per heavy atom. The molecule has 4 rings (SSSR count). The van der Waals surface area contributed by atoms with E-state index in [4.69, 9.17) is 4.52 Å². The molecule has 0 unspecified atom stereocenters. The van der Waals surface area contributed by atoms with Gasteiger partial charge in [0.05, 0.1) is 11.3 Å². The maximum absolute atomic E-state index is 12.8. The molecule has 7 heteroatoms. The Labute approximate surface area is 172 Å². The lowest BCUT2D eigenvalue weighted by atomic mass is 10.1. The average Bonchev–Trinajstić information content (AvgIpc) is 3.41. The van der Waals surface area contributed by atoms with E-state index in [1.807, 2.05) is 79.0 Å². The Bertz CT molecular complexity index is 1120. The second kappa shape index (κ2) is 8.28. The van der Waals surface area contributed by atoms with Crippen molar-refractivity contribution in [3.63, 3.8) is 0 Å². The second-order valence-corrected chi connectivity index (χ2v) is 7.67. The van der Waals surface area contributed by atoms with Crippen LogP contribution in [-0.4, -0.2) is 30.1 Å². The van der Waals surface area contributed by atoms with Crippen LogP contribution in [0.25, 0.3) is 10.7 Å². The van der Waals surface area contributed by atoms with Crippen LogP contribution in [0, 0.1) is 0 Å². The third kappa shape index (κ3) is 4.35. The molecule has 0 aliphatic carbocycles. The van der Waals surface area contributed by atoms with Crippen LogP contribution in [0.2, 0.25) is 0 Å². The number of carbonyl (C=O) groups is 1. The third-order valence-electron chi connectivity index (χ3n) is 4.44. The summed E-state index contributed by atoms with van der Waals surface area (Å²) in [6.45, 7) is 0. The number of benzene rings is 2. The van der Waals surface area contributed by atoms with E-state index < -0.39 is 0 Å². The molecule has 1 amide bonds. The number of amides is 1. The molecule has 0 spiro atoms. The fourth-order valence-corrected chi connectivity index (χ4v) is 3.56. The largest absolute Gasteiger partial charge is 0.378 e. The zero-order valence-corrected chi connectivity index (χ0v) is 16.9. The van der Waals surface area contributed by atoms with Crippen molar-refractivity contribution in [2.45, 2.75) is 6.42 Å². The van der Waals surface area contributed by atoms with E-state index in [1.165, 1.54) is 0 Å². The summed E-state index contributed by atoms with van der Waals surface area (Å²) in [5, 5.41) is 9.03. The fourth-order valence-electron chi connectivity index (χ4n) is 2.91. The van der Waals surface area contributed by atoms with Gasteiger partial charge in [-0.2, -0.15) is 4.98 Å². The van der Waals surface area contributed by atoms with Gasteiger partial charge in [-0.25, -0.2) is 0 Å². The van der Waals surface area contributed by atoms with Gasteiger partial charge in [-0.05, 0) is 41.3 Å². The molecule has 4 aromatic rings. The van der Waals surface area contributed by atoms with Gasteiger partial charge in [-0.15, -0.1) is 11.3 Å². The van der Waals surface area contributed by atoms with Gasteiger partial charge >= 0.3 is 0 Å². The standard InChI is InChI=1S/C22H20N4O2S/c1-26(2)17-9-5-8-16(13-17)22(27)23-18-10-4-3-7-15(18)14-20-24-21(25-28-20)19-11-6-12-29-19/h3-13H,14H2,1-2H3,(H,23,27). The molecule has 2 aromatic heterocycles. The van der Waals surface area contributed by atoms with Gasteiger partial charge in [0.15, 0.2) is 0 Å². The van der Waals surface area contributed by atoms with Crippen molar-refractivity contribution in [1.29, 1.82) is 0 Å². The van der Waals surface area contributed by atoms with Crippen molar-refractivity contribution >= 4 is 28.6 Å². The number of anilines is 2. The van der Waals surface area contributed by atoms with Gasteiger partial charge in [0.1, 0.15) is 0 Å². The van der Waals surface area contributed by atoms with E-state index in [9.17, 15) is 4.79 Å². The predicted molar refractivity (Wildman–Crippen MR) is 116 cm³/mol. The zero-order valence-electron chi connectivity index (χ0n) is 16.1. The first-order chi connectivity index (χ1) is 14.1. The molecule has 29 heavy (non-hydrogen) atoms. The molecule has 146 valence electrons. The number of aromatic nitrogens is 2. The lowest BCUT2D eigenvalue weighted by Gasteiger charge is -2.14. The van der Waals surface area contributed by atoms with Crippen LogP contribution in [0.3, 0.4) is 0 Å². The first-order valence-electron chi connectivity index (χ1n) is 9.13. The fraction of sp³-hybridized carbons (Fsp3) is 0.136. The predicted octanol–water partition coefficient (Wildman–Crippen LogP) is 4.71. The molecule has 6 nitrogen and oxygen atoms in total. The summed E-state index contributed by atoms with van der Waals surface area (Å²) in [4.78, 5) is 20.2. The molecule has 0 bridgehead atoms. The number of hydrogen-bond donors (Lipinski definition) is 1. The Hall–Kier alpha value is -3.45. The first kappa shape index (κ1) is 18.9. The second-order valence-electron chi connectivity index (χ2n) is 6.72. The number of thiophene rings is 1. The lowest BCUT2D eigenvalue weighted by Crippen LogP contribution is -2.15. The van der Waals surface area contributed by atoms with Crippen molar-refractivity contribution in [3.05, 3.63) is 83.1 Å². The molecular weight excluding hydrogens is 384 g/mol. The van der Waals surface area contributed by atoms with Gasteiger partial charge in [0, 0.05) is 31.0 Å². The summed E-state index contributed by atoms with van der Waals surface area (Å²) in [6.07, 6.45) is 0.437. The van der Waals surface area contributed by atoms with E-state index in [-0.39, 0.29) is 5.91 Å². The molecule has 1 N–H and O–H groups in total. The average molecular weight is 404 g/mol. The number of hydrogen-bond acceptors (Lipinski definition) is 6. The summed E-state index contributed by atoms with van der Waals surface area (Å²) in [6, 6.07) is 19.0. The summed E-state index contributed by atoms with van der Waals surface area (Å²) < 4.78 is 5.41. The van der Waals surface area contributed by atoms with Crippen molar-refractivity contribution in [2.75, 3.05) is 24.3 Å². The SMILES string of the molecule is CN(C)c1cccc(C(=O)Nc2ccccc2Cc2nc(-c3cccs3)no2)c1. The highest BCUT2D eigenvalue weighted by Crippen LogP contribution is 2.24. The van der Waals surface area contributed by atoms with Crippen LogP contribution >= 0.6 is 11.3 Å². The molecular formula is C22H20N4O2S. The number of nitrogens with zero attached hydrogens (tertiary/aromatic N) is 3. The lowest BCUT2D eigenvalue weighted by molar-refractivity contribution is 0.102. The van der Waals surface area contributed by atoms with Crippen molar-refractivity contribution < 1.29 is 9.32 Å². The van der Waals surface area contributed by atoms with Gasteiger partial charge in [-0.3, -0.25) is 4.79 Å². The van der Waals surface area contributed by atoms with Gasteiger partial charge in [0.25, 0.3) is 5.91 Å². The number of para-hydroxylation sites is 1. The van der Waals surface area contributed by atoms with E-state index in [0.717, 1.165) is 21.8 Å². The monoisotopic (exact) mass is 404 g/mol. The zero-order chi connectivity index (χ0) is 20.2. The number of rotatable bonds is 6. The molecule has 0 atom stereocenters. The summed E-state index contributed by atoms with van der Waals surface area (Å²) in [5.74, 6) is 0.924. The van der Waals surface area contributed by atoms with E-state index in [2.05, 4.69) is 15.5 Å². The molecule has 0 aliphatic rings. The highest BCUT2D eigenvalue weighted by Gasteiger charge is 2.14.